The van der Waals surface area contributed by atoms with Crippen LogP contribution in [0, 0.1) is 25.5 Å². The van der Waals surface area contributed by atoms with Gasteiger partial charge in [-0.05, 0) is 55.8 Å². The maximum absolute atomic E-state index is 14.0. The smallest absolute Gasteiger partial charge is 0.261 e. The van der Waals surface area contributed by atoms with E-state index < -0.39 is 17.5 Å². The molecule has 0 radical (unpaired) electrons. The number of carbonyl (C=O) groups excluding carboxylic acids is 1. The first-order valence-corrected chi connectivity index (χ1v) is 9.00. The third kappa shape index (κ3) is 3.54. The monoisotopic (exact) mass is 392 g/mol. The molecule has 0 saturated carbocycles. The summed E-state index contributed by atoms with van der Waals surface area (Å²) >= 11 is 0. The number of hydrogen-bond acceptors (Lipinski definition) is 2. The number of hydrogen-bond donors (Lipinski definition) is 1. The third-order valence-corrected chi connectivity index (χ3v) is 4.53. The summed E-state index contributed by atoms with van der Waals surface area (Å²) in [5.74, 6) is -1.42. The minimum absolute atomic E-state index is 0.226. The SMILES string of the molecule is Cc1cccc(-n2nc(C)c(C(=O)Nc3cc(F)ccc3F)c2-n2cccc2)c1. The van der Waals surface area contributed by atoms with E-state index in [1.807, 2.05) is 43.3 Å². The minimum Gasteiger partial charge on any atom is -0.319 e. The van der Waals surface area contributed by atoms with E-state index in [0.29, 0.717) is 11.5 Å². The van der Waals surface area contributed by atoms with Gasteiger partial charge in [-0.2, -0.15) is 5.10 Å². The second kappa shape index (κ2) is 7.35. The predicted octanol–water partition coefficient (Wildman–Crippen LogP) is 4.81. The Morgan fingerprint density at radius 3 is 2.48 bits per heavy atom. The maximum atomic E-state index is 14.0. The molecule has 0 spiro atoms. The topological polar surface area (TPSA) is 51.9 Å². The van der Waals surface area contributed by atoms with Crippen molar-refractivity contribution in [1.29, 1.82) is 0 Å². The quantitative estimate of drug-likeness (QED) is 0.542. The molecule has 0 unspecified atom stereocenters. The summed E-state index contributed by atoms with van der Waals surface area (Å²) in [6.07, 6.45) is 3.59. The van der Waals surface area contributed by atoms with Gasteiger partial charge in [-0.25, -0.2) is 13.5 Å². The van der Waals surface area contributed by atoms with E-state index in [-0.39, 0.29) is 11.3 Å². The van der Waals surface area contributed by atoms with E-state index >= 15 is 0 Å². The zero-order chi connectivity index (χ0) is 20.5. The van der Waals surface area contributed by atoms with Gasteiger partial charge in [0.1, 0.15) is 17.2 Å². The number of nitrogens with zero attached hydrogens (tertiary/aromatic N) is 3. The van der Waals surface area contributed by atoms with Crippen LogP contribution >= 0.6 is 0 Å². The Labute approximate surface area is 166 Å². The number of halogens is 2. The van der Waals surface area contributed by atoms with Gasteiger partial charge in [-0.15, -0.1) is 0 Å². The van der Waals surface area contributed by atoms with Crippen molar-refractivity contribution in [1.82, 2.24) is 14.3 Å². The molecule has 0 aliphatic heterocycles. The molecule has 1 N–H and O–H groups in total. The van der Waals surface area contributed by atoms with E-state index in [0.717, 1.165) is 29.4 Å². The molecule has 0 aliphatic rings. The molecule has 4 rings (SSSR count). The first-order chi connectivity index (χ1) is 13.9. The summed E-state index contributed by atoms with van der Waals surface area (Å²) in [4.78, 5) is 13.1. The standard InChI is InChI=1S/C22H18F2N4O/c1-14-6-5-7-17(12-14)28-22(27-10-3-4-11-27)20(15(2)26-28)21(29)25-19-13-16(23)8-9-18(19)24/h3-13H,1-2H3,(H,25,29). The maximum Gasteiger partial charge on any atom is 0.261 e. The highest BCUT2D eigenvalue weighted by molar-refractivity contribution is 6.07. The van der Waals surface area contributed by atoms with Crippen molar-refractivity contribution >= 4 is 11.6 Å². The van der Waals surface area contributed by atoms with Crippen molar-refractivity contribution in [3.05, 3.63) is 95.4 Å². The molecule has 4 aromatic rings. The van der Waals surface area contributed by atoms with E-state index in [1.165, 1.54) is 0 Å². The molecule has 0 fully saturated rings. The van der Waals surface area contributed by atoms with Gasteiger partial charge in [0.25, 0.3) is 5.91 Å². The number of benzene rings is 2. The van der Waals surface area contributed by atoms with Gasteiger partial charge >= 0.3 is 0 Å². The molecule has 0 bridgehead atoms. The number of carbonyl (C=O) groups is 1. The van der Waals surface area contributed by atoms with Crippen LogP contribution in [0.25, 0.3) is 11.5 Å². The number of anilines is 1. The highest BCUT2D eigenvalue weighted by Crippen LogP contribution is 2.25. The lowest BCUT2D eigenvalue weighted by Gasteiger charge is -2.12. The van der Waals surface area contributed by atoms with Crippen LogP contribution in [0.1, 0.15) is 21.6 Å². The average Bonchev–Trinajstić information content (AvgIpc) is 3.32. The van der Waals surface area contributed by atoms with Crippen molar-refractivity contribution in [2.45, 2.75) is 13.8 Å². The molecule has 1 amide bonds. The van der Waals surface area contributed by atoms with E-state index in [2.05, 4.69) is 10.4 Å². The number of nitrogens with one attached hydrogen (secondary N) is 1. The van der Waals surface area contributed by atoms with Crippen molar-refractivity contribution in [2.24, 2.45) is 0 Å². The van der Waals surface area contributed by atoms with Gasteiger partial charge < -0.3 is 9.88 Å². The van der Waals surface area contributed by atoms with Gasteiger partial charge in [0.2, 0.25) is 0 Å². The fourth-order valence-electron chi connectivity index (χ4n) is 3.21. The Morgan fingerprint density at radius 2 is 1.76 bits per heavy atom. The second-order valence-corrected chi connectivity index (χ2v) is 6.70. The zero-order valence-corrected chi connectivity index (χ0v) is 15.9. The van der Waals surface area contributed by atoms with Crippen LogP contribution < -0.4 is 5.32 Å². The molecule has 5 nitrogen and oxygen atoms in total. The molecule has 146 valence electrons. The van der Waals surface area contributed by atoms with Crippen LogP contribution in [0.2, 0.25) is 0 Å². The van der Waals surface area contributed by atoms with Gasteiger partial charge in [0.05, 0.1) is 17.1 Å². The van der Waals surface area contributed by atoms with E-state index in [1.54, 1.807) is 28.6 Å². The van der Waals surface area contributed by atoms with E-state index in [4.69, 9.17) is 0 Å². The van der Waals surface area contributed by atoms with Crippen molar-refractivity contribution in [2.75, 3.05) is 5.32 Å². The molecule has 2 heterocycles. The van der Waals surface area contributed by atoms with Crippen LogP contribution in [0.4, 0.5) is 14.5 Å². The van der Waals surface area contributed by atoms with Crippen molar-refractivity contribution < 1.29 is 13.6 Å². The number of amides is 1. The summed E-state index contributed by atoms with van der Waals surface area (Å²) < 4.78 is 31.0. The summed E-state index contributed by atoms with van der Waals surface area (Å²) in [5, 5.41) is 7.01. The normalized spacial score (nSPS) is 10.9. The molecule has 2 aromatic heterocycles. The Hall–Kier alpha value is -3.74. The summed E-state index contributed by atoms with van der Waals surface area (Å²) in [7, 11) is 0. The predicted molar refractivity (Wildman–Crippen MR) is 107 cm³/mol. The summed E-state index contributed by atoms with van der Waals surface area (Å²) in [5.41, 5.74) is 2.33. The fourth-order valence-corrected chi connectivity index (χ4v) is 3.21. The molecule has 2 aromatic carbocycles. The highest BCUT2D eigenvalue weighted by Gasteiger charge is 2.24. The van der Waals surface area contributed by atoms with Crippen molar-refractivity contribution in [3.8, 4) is 11.5 Å². The van der Waals surface area contributed by atoms with E-state index in [9.17, 15) is 13.6 Å². The lowest BCUT2D eigenvalue weighted by molar-refractivity contribution is 0.102. The van der Waals surface area contributed by atoms with Gasteiger partial charge in [-0.3, -0.25) is 4.79 Å². The Kier molecular flexibility index (Phi) is 4.72. The Bertz CT molecular complexity index is 1200. The Balaban J connectivity index is 1.85. The zero-order valence-electron chi connectivity index (χ0n) is 15.9. The number of aryl methyl sites for hydroxylation is 2. The average molecular weight is 392 g/mol. The van der Waals surface area contributed by atoms with Crippen LogP contribution in [0.15, 0.2) is 67.0 Å². The molecule has 0 saturated heterocycles. The van der Waals surface area contributed by atoms with Crippen LogP contribution in [-0.2, 0) is 0 Å². The highest BCUT2D eigenvalue weighted by atomic mass is 19.1. The molecule has 7 heteroatoms. The first kappa shape index (κ1) is 18.6. The third-order valence-electron chi connectivity index (χ3n) is 4.53. The Morgan fingerprint density at radius 1 is 1.00 bits per heavy atom. The van der Waals surface area contributed by atoms with Crippen molar-refractivity contribution in [3.63, 3.8) is 0 Å². The number of rotatable bonds is 4. The van der Waals surface area contributed by atoms with Crippen LogP contribution in [-0.4, -0.2) is 20.3 Å². The van der Waals surface area contributed by atoms with Gasteiger partial charge in [-0.1, -0.05) is 12.1 Å². The second-order valence-electron chi connectivity index (χ2n) is 6.70. The number of aromatic nitrogens is 3. The van der Waals surface area contributed by atoms with Crippen LogP contribution in [0.3, 0.4) is 0 Å². The summed E-state index contributed by atoms with van der Waals surface area (Å²) in [6, 6.07) is 14.3. The molecule has 29 heavy (non-hydrogen) atoms. The fraction of sp³-hybridized carbons (Fsp3) is 0.0909. The minimum atomic E-state index is -0.717. The van der Waals surface area contributed by atoms with Crippen LogP contribution in [0.5, 0.6) is 0 Å². The lowest BCUT2D eigenvalue weighted by Crippen LogP contribution is -2.17. The molecular formula is C22H18F2N4O. The molecule has 0 aliphatic carbocycles. The van der Waals surface area contributed by atoms with Gasteiger partial charge in [0, 0.05) is 18.5 Å². The largest absolute Gasteiger partial charge is 0.319 e. The van der Waals surface area contributed by atoms with Gasteiger partial charge in [0.15, 0.2) is 5.82 Å². The summed E-state index contributed by atoms with van der Waals surface area (Å²) in [6.45, 7) is 3.67. The molecular weight excluding hydrogens is 374 g/mol. The molecule has 0 atom stereocenters. The first-order valence-electron chi connectivity index (χ1n) is 9.00. The lowest BCUT2D eigenvalue weighted by atomic mass is 10.2.